The number of hydrogen-bond acceptors (Lipinski definition) is 5. The standard InChI is InChI=1S/C12H14N2O4/c1-14-9-4-3-7(5-10(9)18-12(14)16)8(13)6-11(15)17-2/h3-5,8H,6,13H2,1-2H3. The Kier molecular flexibility index (Phi) is 3.20. The van der Waals surface area contributed by atoms with E-state index in [2.05, 4.69) is 4.74 Å². The van der Waals surface area contributed by atoms with E-state index < -0.39 is 11.8 Å². The topological polar surface area (TPSA) is 87.5 Å². The molecule has 0 radical (unpaired) electrons. The molecule has 0 aliphatic heterocycles. The van der Waals surface area contributed by atoms with Gasteiger partial charge in [-0.15, -0.1) is 0 Å². The van der Waals surface area contributed by atoms with Crippen molar-refractivity contribution < 1.29 is 13.9 Å². The highest BCUT2D eigenvalue weighted by Gasteiger charge is 2.14. The molecule has 96 valence electrons. The predicted molar refractivity (Wildman–Crippen MR) is 65.0 cm³/mol. The van der Waals surface area contributed by atoms with Crippen LogP contribution in [0.2, 0.25) is 0 Å². The smallest absolute Gasteiger partial charge is 0.419 e. The first-order valence-corrected chi connectivity index (χ1v) is 5.45. The number of methoxy groups -OCH3 is 1. The predicted octanol–water partition coefficient (Wildman–Crippen LogP) is 0.694. The van der Waals surface area contributed by atoms with Crippen LogP contribution in [-0.2, 0) is 16.6 Å². The van der Waals surface area contributed by atoms with Crippen molar-refractivity contribution in [2.45, 2.75) is 12.5 Å². The van der Waals surface area contributed by atoms with Crippen LogP contribution in [0.1, 0.15) is 18.0 Å². The van der Waals surface area contributed by atoms with Crippen molar-refractivity contribution in [2.75, 3.05) is 7.11 Å². The van der Waals surface area contributed by atoms with Crippen LogP contribution >= 0.6 is 0 Å². The van der Waals surface area contributed by atoms with Crippen LogP contribution in [0.25, 0.3) is 11.1 Å². The maximum atomic E-state index is 11.3. The minimum absolute atomic E-state index is 0.0824. The van der Waals surface area contributed by atoms with E-state index in [1.54, 1.807) is 25.2 Å². The molecule has 0 saturated carbocycles. The van der Waals surface area contributed by atoms with E-state index in [1.807, 2.05) is 0 Å². The highest BCUT2D eigenvalue weighted by Crippen LogP contribution is 2.20. The quantitative estimate of drug-likeness (QED) is 0.810. The van der Waals surface area contributed by atoms with E-state index >= 15 is 0 Å². The Bertz CT molecular complexity index is 641. The average Bonchev–Trinajstić information content (AvgIpc) is 2.64. The second kappa shape index (κ2) is 4.66. The van der Waals surface area contributed by atoms with Gasteiger partial charge in [-0.3, -0.25) is 9.36 Å². The third-order valence-corrected chi connectivity index (χ3v) is 2.86. The van der Waals surface area contributed by atoms with E-state index in [9.17, 15) is 9.59 Å². The van der Waals surface area contributed by atoms with Crippen molar-refractivity contribution in [2.24, 2.45) is 12.8 Å². The van der Waals surface area contributed by atoms with Crippen LogP contribution in [-0.4, -0.2) is 17.6 Å². The van der Waals surface area contributed by atoms with Crippen molar-refractivity contribution in [3.63, 3.8) is 0 Å². The van der Waals surface area contributed by atoms with Crippen molar-refractivity contribution >= 4 is 17.1 Å². The molecule has 6 nitrogen and oxygen atoms in total. The molecule has 0 fully saturated rings. The summed E-state index contributed by atoms with van der Waals surface area (Å²) in [6, 6.07) is 4.70. The minimum Gasteiger partial charge on any atom is -0.469 e. The third kappa shape index (κ3) is 2.14. The maximum Gasteiger partial charge on any atom is 0.419 e. The molecule has 2 N–H and O–H groups in total. The third-order valence-electron chi connectivity index (χ3n) is 2.86. The first-order chi connectivity index (χ1) is 8.52. The Morgan fingerprint density at radius 1 is 1.56 bits per heavy atom. The van der Waals surface area contributed by atoms with Crippen LogP contribution in [0.15, 0.2) is 27.4 Å². The Labute approximate surface area is 103 Å². The first kappa shape index (κ1) is 12.4. The number of aromatic nitrogens is 1. The Morgan fingerprint density at radius 3 is 2.94 bits per heavy atom. The molecule has 1 heterocycles. The van der Waals surface area contributed by atoms with Gasteiger partial charge in [0.1, 0.15) is 0 Å². The van der Waals surface area contributed by atoms with Crippen LogP contribution in [0.3, 0.4) is 0 Å². The molecule has 0 aliphatic carbocycles. The normalized spacial score (nSPS) is 12.6. The number of nitrogens with zero attached hydrogens (tertiary/aromatic N) is 1. The van der Waals surface area contributed by atoms with E-state index in [1.165, 1.54) is 11.7 Å². The van der Waals surface area contributed by atoms with Crippen molar-refractivity contribution in [3.05, 3.63) is 34.3 Å². The average molecular weight is 250 g/mol. The molecule has 6 heteroatoms. The molecule has 0 bridgehead atoms. The highest BCUT2D eigenvalue weighted by molar-refractivity contribution is 5.75. The van der Waals surface area contributed by atoms with Gasteiger partial charge in [-0.2, -0.15) is 0 Å². The number of rotatable bonds is 3. The Morgan fingerprint density at radius 2 is 2.28 bits per heavy atom. The number of fused-ring (bicyclic) bond motifs is 1. The molecule has 2 aromatic rings. The van der Waals surface area contributed by atoms with Gasteiger partial charge in [0, 0.05) is 13.1 Å². The molecule has 0 spiro atoms. The van der Waals surface area contributed by atoms with Crippen molar-refractivity contribution in [3.8, 4) is 0 Å². The van der Waals surface area contributed by atoms with Crippen LogP contribution in [0.4, 0.5) is 0 Å². The molecule has 1 unspecified atom stereocenters. The molecule has 1 aromatic carbocycles. The Balaban J connectivity index is 2.35. The first-order valence-electron chi connectivity index (χ1n) is 5.45. The molecule has 1 atom stereocenters. The number of ether oxygens (including phenoxy) is 1. The van der Waals surface area contributed by atoms with Crippen molar-refractivity contribution in [1.82, 2.24) is 4.57 Å². The molecule has 1 aromatic heterocycles. The number of oxazole rings is 1. The summed E-state index contributed by atoms with van der Waals surface area (Å²) in [4.78, 5) is 22.5. The van der Waals surface area contributed by atoms with E-state index in [4.69, 9.17) is 10.2 Å². The van der Waals surface area contributed by atoms with Gasteiger partial charge >= 0.3 is 11.7 Å². The zero-order valence-electron chi connectivity index (χ0n) is 10.2. The van der Waals surface area contributed by atoms with Gasteiger partial charge in [0.25, 0.3) is 0 Å². The molecule has 0 saturated heterocycles. The van der Waals surface area contributed by atoms with Gasteiger partial charge in [0.05, 0.1) is 19.0 Å². The van der Waals surface area contributed by atoms with Crippen LogP contribution in [0, 0.1) is 0 Å². The summed E-state index contributed by atoms with van der Waals surface area (Å²) in [5.41, 5.74) is 7.75. The number of benzene rings is 1. The monoisotopic (exact) mass is 250 g/mol. The fraction of sp³-hybridized carbons (Fsp3) is 0.333. The second-order valence-corrected chi connectivity index (χ2v) is 4.04. The molecule has 0 aliphatic rings. The largest absolute Gasteiger partial charge is 0.469 e. The Hall–Kier alpha value is -2.08. The van der Waals surface area contributed by atoms with Gasteiger partial charge in [0.2, 0.25) is 0 Å². The van der Waals surface area contributed by atoms with Crippen LogP contribution in [0.5, 0.6) is 0 Å². The lowest BCUT2D eigenvalue weighted by Crippen LogP contribution is -2.16. The lowest BCUT2D eigenvalue weighted by Gasteiger charge is -2.10. The van der Waals surface area contributed by atoms with E-state index in [-0.39, 0.29) is 12.4 Å². The summed E-state index contributed by atoms with van der Waals surface area (Å²) in [7, 11) is 2.94. The summed E-state index contributed by atoms with van der Waals surface area (Å²) in [6.45, 7) is 0. The number of hydrogen-bond donors (Lipinski definition) is 1. The minimum atomic E-state index is -0.479. The van der Waals surface area contributed by atoms with Gasteiger partial charge in [-0.1, -0.05) is 6.07 Å². The summed E-state index contributed by atoms with van der Waals surface area (Å²) in [6.07, 6.45) is 0.0824. The second-order valence-electron chi connectivity index (χ2n) is 4.04. The fourth-order valence-corrected chi connectivity index (χ4v) is 1.76. The lowest BCUT2D eigenvalue weighted by molar-refractivity contribution is -0.141. The molecule has 18 heavy (non-hydrogen) atoms. The van der Waals surface area contributed by atoms with Crippen molar-refractivity contribution in [1.29, 1.82) is 0 Å². The molecular formula is C12H14N2O4. The zero-order valence-corrected chi connectivity index (χ0v) is 10.2. The molecule has 2 rings (SSSR count). The van der Waals surface area contributed by atoms with E-state index in [0.717, 1.165) is 5.56 Å². The summed E-state index contributed by atoms with van der Waals surface area (Å²) in [5.74, 6) is -0.805. The van der Waals surface area contributed by atoms with Gasteiger partial charge in [-0.25, -0.2) is 4.79 Å². The number of carbonyl (C=O) groups excluding carboxylic acids is 1. The van der Waals surface area contributed by atoms with Gasteiger partial charge in [0.15, 0.2) is 5.58 Å². The van der Waals surface area contributed by atoms with Gasteiger partial charge in [-0.05, 0) is 17.7 Å². The number of nitrogens with two attached hydrogens (primary N) is 1. The lowest BCUT2D eigenvalue weighted by atomic mass is 10.0. The summed E-state index contributed by atoms with van der Waals surface area (Å²) in [5, 5.41) is 0. The maximum absolute atomic E-state index is 11.3. The highest BCUT2D eigenvalue weighted by atomic mass is 16.5. The number of carbonyl (C=O) groups is 1. The fourth-order valence-electron chi connectivity index (χ4n) is 1.76. The SMILES string of the molecule is COC(=O)CC(N)c1ccc2c(c1)oc(=O)n2C. The van der Waals surface area contributed by atoms with Gasteiger partial charge < -0.3 is 14.9 Å². The summed E-state index contributed by atoms with van der Waals surface area (Å²) < 4.78 is 11.0. The molecular weight excluding hydrogens is 236 g/mol. The number of aryl methyl sites for hydroxylation is 1. The van der Waals surface area contributed by atoms with Crippen LogP contribution < -0.4 is 11.5 Å². The molecule has 0 amide bonds. The number of esters is 1. The summed E-state index contributed by atoms with van der Waals surface area (Å²) >= 11 is 0. The zero-order chi connectivity index (χ0) is 13.3. The van der Waals surface area contributed by atoms with E-state index in [0.29, 0.717) is 11.1 Å².